The van der Waals surface area contributed by atoms with Gasteiger partial charge in [-0.2, -0.15) is 0 Å². The van der Waals surface area contributed by atoms with E-state index in [1.807, 2.05) is 17.7 Å². The van der Waals surface area contributed by atoms with Crippen molar-refractivity contribution in [3.05, 3.63) is 22.4 Å². The zero-order valence-corrected chi connectivity index (χ0v) is 13.1. The smallest absolute Gasteiger partial charge is 0.331 e. The normalized spacial score (nSPS) is 18.9. The van der Waals surface area contributed by atoms with Crippen LogP contribution in [-0.4, -0.2) is 54.3 Å². The molecule has 0 N–H and O–H groups in total. The van der Waals surface area contributed by atoms with Gasteiger partial charge in [0.2, 0.25) is 0 Å². The number of methoxy groups -OCH3 is 1. The fourth-order valence-corrected chi connectivity index (χ4v) is 2.70. The molecule has 0 bridgehead atoms. The van der Waals surface area contributed by atoms with E-state index in [2.05, 4.69) is 15.9 Å². The third kappa shape index (κ3) is 2.88. The summed E-state index contributed by atoms with van der Waals surface area (Å²) in [6.07, 6.45) is 1.85. The molecule has 1 aliphatic heterocycles. The molecule has 1 fully saturated rings. The Hall–Kier alpha value is -1.34. The molecule has 1 aromatic rings. The number of aryl methyl sites for hydroxylation is 1. The molecule has 6 nitrogen and oxygen atoms in total. The largest absolute Gasteiger partial charge is 0.467 e. The van der Waals surface area contributed by atoms with E-state index >= 15 is 0 Å². The second-order valence-electron chi connectivity index (χ2n) is 4.44. The second-order valence-corrected chi connectivity index (χ2v) is 5.36. The van der Waals surface area contributed by atoms with E-state index in [1.54, 1.807) is 6.07 Å². The van der Waals surface area contributed by atoms with Crippen LogP contribution in [0.3, 0.4) is 0 Å². The van der Waals surface area contributed by atoms with Crippen molar-refractivity contribution in [2.75, 3.05) is 26.9 Å². The molecular formula is C13H17BrN2O4. The van der Waals surface area contributed by atoms with Crippen LogP contribution >= 0.6 is 15.9 Å². The molecule has 1 unspecified atom stereocenters. The van der Waals surface area contributed by atoms with Crippen LogP contribution in [-0.2, 0) is 20.8 Å². The molecule has 0 spiro atoms. The molecule has 1 amide bonds. The molecule has 1 aromatic heterocycles. The molecule has 2 rings (SSSR count). The van der Waals surface area contributed by atoms with Crippen molar-refractivity contribution >= 4 is 27.8 Å². The van der Waals surface area contributed by atoms with Crippen molar-refractivity contribution in [1.82, 2.24) is 9.47 Å². The fraction of sp³-hybridized carbons (Fsp3) is 0.538. The predicted octanol–water partition coefficient (Wildman–Crippen LogP) is 1.28. The number of aromatic nitrogens is 1. The summed E-state index contributed by atoms with van der Waals surface area (Å²) in [4.78, 5) is 25.9. The summed E-state index contributed by atoms with van der Waals surface area (Å²) in [5.41, 5.74) is 0.551. The minimum absolute atomic E-state index is 0.173. The van der Waals surface area contributed by atoms with Gasteiger partial charge in [0.1, 0.15) is 5.69 Å². The van der Waals surface area contributed by atoms with Crippen LogP contribution in [0.15, 0.2) is 16.7 Å². The number of halogens is 1. The summed E-state index contributed by atoms with van der Waals surface area (Å²) in [5.74, 6) is -0.636. The Labute approximate surface area is 125 Å². The highest BCUT2D eigenvalue weighted by atomic mass is 79.9. The molecule has 0 radical (unpaired) electrons. The van der Waals surface area contributed by atoms with E-state index in [0.29, 0.717) is 25.4 Å². The molecule has 1 saturated heterocycles. The Morgan fingerprint density at radius 1 is 1.55 bits per heavy atom. The number of rotatable bonds is 3. The zero-order valence-electron chi connectivity index (χ0n) is 11.5. The lowest BCUT2D eigenvalue weighted by atomic mass is 10.2. The Balaban J connectivity index is 2.27. The summed E-state index contributed by atoms with van der Waals surface area (Å²) >= 11 is 3.37. The van der Waals surface area contributed by atoms with Gasteiger partial charge in [0.25, 0.3) is 5.91 Å². The highest BCUT2D eigenvalue weighted by Gasteiger charge is 2.35. The molecular weight excluding hydrogens is 328 g/mol. The number of carbonyl (C=O) groups excluding carboxylic acids is 2. The molecule has 7 heteroatoms. The van der Waals surface area contributed by atoms with Gasteiger partial charge in [0.15, 0.2) is 6.04 Å². The first kappa shape index (κ1) is 15.1. The SMILES string of the molecule is CCn1cc(Br)cc1C(=O)N1CCOCC1C(=O)OC. The van der Waals surface area contributed by atoms with Crippen molar-refractivity contribution in [3.8, 4) is 0 Å². The maximum absolute atomic E-state index is 12.6. The van der Waals surface area contributed by atoms with Crippen molar-refractivity contribution in [3.63, 3.8) is 0 Å². The first-order chi connectivity index (χ1) is 9.58. The van der Waals surface area contributed by atoms with Crippen LogP contribution in [0, 0.1) is 0 Å². The van der Waals surface area contributed by atoms with Crippen molar-refractivity contribution in [2.24, 2.45) is 0 Å². The van der Waals surface area contributed by atoms with Gasteiger partial charge in [-0.25, -0.2) is 4.79 Å². The minimum atomic E-state index is -0.680. The highest BCUT2D eigenvalue weighted by Crippen LogP contribution is 2.19. The summed E-state index contributed by atoms with van der Waals surface area (Å²) in [5, 5.41) is 0. The molecule has 1 atom stereocenters. The van der Waals surface area contributed by atoms with Gasteiger partial charge in [0.05, 0.1) is 20.3 Å². The quantitative estimate of drug-likeness (QED) is 0.775. The topological polar surface area (TPSA) is 60.8 Å². The van der Waals surface area contributed by atoms with Gasteiger partial charge in [-0.1, -0.05) is 0 Å². The van der Waals surface area contributed by atoms with E-state index in [9.17, 15) is 9.59 Å². The van der Waals surface area contributed by atoms with E-state index < -0.39 is 12.0 Å². The van der Waals surface area contributed by atoms with E-state index in [4.69, 9.17) is 9.47 Å². The summed E-state index contributed by atoms with van der Waals surface area (Å²) < 4.78 is 12.7. The predicted molar refractivity (Wildman–Crippen MR) is 75.5 cm³/mol. The lowest BCUT2D eigenvalue weighted by Crippen LogP contribution is -2.53. The monoisotopic (exact) mass is 344 g/mol. The van der Waals surface area contributed by atoms with Gasteiger partial charge in [-0.15, -0.1) is 0 Å². The number of nitrogens with zero attached hydrogens (tertiary/aromatic N) is 2. The fourth-order valence-electron chi connectivity index (χ4n) is 2.24. The molecule has 0 aromatic carbocycles. The summed E-state index contributed by atoms with van der Waals surface area (Å²) in [6.45, 7) is 3.62. The molecule has 2 heterocycles. The standard InChI is InChI=1S/C13H17BrN2O4/c1-3-15-7-9(14)6-10(15)12(17)16-4-5-20-8-11(16)13(18)19-2/h6-7,11H,3-5,8H2,1-2H3. The molecule has 1 aliphatic rings. The third-order valence-corrected chi connectivity index (χ3v) is 3.72. The van der Waals surface area contributed by atoms with Crippen LogP contribution in [0.25, 0.3) is 0 Å². The van der Waals surface area contributed by atoms with Crippen molar-refractivity contribution in [2.45, 2.75) is 19.5 Å². The average Bonchev–Trinajstić information content (AvgIpc) is 2.86. The summed E-state index contributed by atoms with van der Waals surface area (Å²) in [6, 6.07) is 1.08. The van der Waals surface area contributed by atoms with Crippen LogP contribution in [0.2, 0.25) is 0 Å². The minimum Gasteiger partial charge on any atom is -0.467 e. The van der Waals surface area contributed by atoms with Crippen LogP contribution < -0.4 is 0 Å². The molecule has 110 valence electrons. The molecule has 0 aliphatic carbocycles. The van der Waals surface area contributed by atoms with E-state index in [0.717, 1.165) is 4.47 Å². The van der Waals surface area contributed by atoms with Crippen LogP contribution in [0.4, 0.5) is 0 Å². The Kier molecular flexibility index (Phi) is 4.82. The molecule has 0 saturated carbocycles. The lowest BCUT2D eigenvalue weighted by Gasteiger charge is -2.33. The first-order valence-electron chi connectivity index (χ1n) is 6.40. The maximum atomic E-state index is 12.6. The van der Waals surface area contributed by atoms with Crippen LogP contribution in [0.5, 0.6) is 0 Å². The maximum Gasteiger partial charge on any atom is 0.331 e. The van der Waals surface area contributed by atoms with Crippen molar-refractivity contribution < 1.29 is 19.1 Å². The van der Waals surface area contributed by atoms with Crippen molar-refractivity contribution in [1.29, 1.82) is 0 Å². The van der Waals surface area contributed by atoms with Crippen LogP contribution in [0.1, 0.15) is 17.4 Å². The first-order valence-corrected chi connectivity index (χ1v) is 7.20. The van der Waals surface area contributed by atoms with Gasteiger partial charge in [-0.3, -0.25) is 4.79 Å². The van der Waals surface area contributed by atoms with E-state index in [-0.39, 0.29) is 12.5 Å². The Bertz CT molecular complexity index is 514. The highest BCUT2D eigenvalue weighted by molar-refractivity contribution is 9.10. The number of carbonyl (C=O) groups is 2. The zero-order chi connectivity index (χ0) is 14.7. The lowest BCUT2D eigenvalue weighted by molar-refractivity contribution is -0.151. The number of hydrogen-bond donors (Lipinski definition) is 0. The van der Waals surface area contributed by atoms with E-state index in [1.165, 1.54) is 12.0 Å². The second kappa shape index (κ2) is 6.41. The number of esters is 1. The molecule has 20 heavy (non-hydrogen) atoms. The van der Waals surface area contributed by atoms with Gasteiger partial charge in [0, 0.05) is 23.8 Å². The van der Waals surface area contributed by atoms with Gasteiger partial charge >= 0.3 is 5.97 Å². The average molecular weight is 345 g/mol. The number of morpholine rings is 1. The van der Waals surface area contributed by atoms with Gasteiger partial charge < -0.3 is 18.9 Å². The van der Waals surface area contributed by atoms with Gasteiger partial charge in [-0.05, 0) is 28.9 Å². The Morgan fingerprint density at radius 3 is 2.95 bits per heavy atom. The third-order valence-electron chi connectivity index (χ3n) is 3.29. The Morgan fingerprint density at radius 2 is 2.30 bits per heavy atom. The number of ether oxygens (including phenoxy) is 2. The number of hydrogen-bond acceptors (Lipinski definition) is 4. The summed E-state index contributed by atoms with van der Waals surface area (Å²) in [7, 11) is 1.31. The number of amides is 1.